The molecule has 3 aromatic rings. The van der Waals surface area contributed by atoms with Crippen molar-refractivity contribution in [1.29, 1.82) is 0 Å². The number of hydrogen-bond acceptors (Lipinski definition) is 5. The fourth-order valence-corrected chi connectivity index (χ4v) is 2.70. The molecule has 7 heteroatoms. The molecule has 0 unspecified atom stereocenters. The Hall–Kier alpha value is -4.13. The number of ether oxygens (including phenoxy) is 2. The SMILES string of the molecule is CC(=O)Nc1ccc(NC(=O)[C@H](C)OC(=O)c2ccccc2Oc2ccccc2)cc1. The highest BCUT2D eigenvalue weighted by Crippen LogP contribution is 2.26. The van der Waals surface area contributed by atoms with E-state index in [4.69, 9.17) is 9.47 Å². The monoisotopic (exact) mass is 418 g/mol. The van der Waals surface area contributed by atoms with Gasteiger partial charge in [0.05, 0.1) is 0 Å². The van der Waals surface area contributed by atoms with Gasteiger partial charge in [-0.3, -0.25) is 9.59 Å². The standard InChI is InChI=1S/C24H22N2O5/c1-16(23(28)26-19-14-12-18(13-15-19)25-17(2)27)30-24(29)21-10-6-7-11-22(21)31-20-8-4-3-5-9-20/h3-16H,1-2H3,(H,25,27)(H,26,28)/t16-/m0/s1. The maximum atomic E-state index is 12.6. The first-order chi connectivity index (χ1) is 14.9. The fourth-order valence-electron chi connectivity index (χ4n) is 2.70. The zero-order valence-electron chi connectivity index (χ0n) is 17.1. The molecule has 1 atom stereocenters. The molecule has 0 aliphatic rings. The summed E-state index contributed by atoms with van der Waals surface area (Å²) in [6.45, 7) is 2.90. The van der Waals surface area contributed by atoms with E-state index in [0.29, 0.717) is 22.9 Å². The van der Waals surface area contributed by atoms with Gasteiger partial charge in [0.15, 0.2) is 6.10 Å². The van der Waals surface area contributed by atoms with Gasteiger partial charge in [-0.25, -0.2) is 4.79 Å². The second-order valence-electron chi connectivity index (χ2n) is 6.71. The molecular formula is C24H22N2O5. The quantitative estimate of drug-likeness (QED) is 0.546. The first kappa shape index (κ1) is 21.6. The van der Waals surface area contributed by atoms with Crippen LogP contribution in [0, 0.1) is 0 Å². The van der Waals surface area contributed by atoms with Crippen molar-refractivity contribution in [2.24, 2.45) is 0 Å². The highest BCUT2D eigenvalue weighted by Gasteiger charge is 2.21. The number of anilines is 2. The van der Waals surface area contributed by atoms with Gasteiger partial charge in [0.1, 0.15) is 17.1 Å². The Kier molecular flexibility index (Phi) is 7.01. The Labute approximate surface area is 180 Å². The molecule has 2 N–H and O–H groups in total. The third-order valence-corrected chi connectivity index (χ3v) is 4.20. The van der Waals surface area contributed by atoms with E-state index in [0.717, 1.165) is 0 Å². The summed E-state index contributed by atoms with van der Waals surface area (Å²) < 4.78 is 11.1. The Morgan fingerprint density at radius 3 is 2.00 bits per heavy atom. The van der Waals surface area contributed by atoms with Gasteiger partial charge in [-0.15, -0.1) is 0 Å². The van der Waals surface area contributed by atoms with Crippen LogP contribution in [-0.2, 0) is 14.3 Å². The van der Waals surface area contributed by atoms with Gasteiger partial charge in [0.25, 0.3) is 5.91 Å². The minimum atomic E-state index is -1.03. The number of esters is 1. The van der Waals surface area contributed by atoms with E-state index in [1.165, 1.54) is 13.8 Å². The number of amides is 2. The Morgan fingerprint density at radius 1 is 0.774 bits per heavy atom. The van der Waals surface area contributed by atoms with Crippen LogP contribution in [0.15, 0.2) is 78.9 Å². The van der Waals surface area contributed by atoms with Crippen LogP contribution in [0.1, 0.15) is 24.2 Å². The normalized spacial score (nSPS) is 11.2. The molecule has 3 rings (SSSR count). The number of rotatable bonds is 7. The minimum absolute atomic E-state index is 0.186. The average Bonchev–Trinajstić information content (AvgIpc) is 2.75. The van der Waals surface area contributed by atoms with Crippen LogP contribution in [0.4, 0.5) is 11.4 Å². The topological polar surface area (TPSA) is 93.7 Å². The van der Waals surface area contributed by atoms with E-state index in [1.54, 1.807) is 60.7 Å². The molecule has 2 amide bonds. The van der Waals surface area contributed by atoms with Crippen molar-refractivity contribution in [3.05, 3.63) is 84.4 Å². The maximum absolute atomic E-state index is 12.6. The smallest absolute Gasteiger partial charge is 0.342 e. The van der Waals surface area contributed by atoms with Crippen LogP contribution in [0.3, 0.4) is 0 Å². The molecule has 0 aliphatic carbocycles. The van der Waals surface area contributed by atoms with Gasteiger partial charge in [-0.2, -0.15) is 0 Å². The van der Waals surface area contributed by atoms with E-state index in [2.05, 4.69) is 10.6 Å². The lowest BCUT2D eigenvalue weighted by Crippen LogP contribution is -2.30. The number of carbonyl (C=O) groups is 3. The van der Waals surface area contributed by atoms with E-state index < -0.39 is 18.0 Å². The van der Waals surface area contributed by atoms with Crippen LogP contribution < -0.4 is 15.4 Å². The molecule has 31 heavy (non-hydrogen) atoms. The summed E-state index contributed by atoms with van der Waals surface area (Å²) in [6.07, 6.45) is -1.03. The molecular weight excluding hydrogens is 396 g/mol. The number of benzene rings is 3. The minimum Gasteiger partial charge on any atom is -0.456 e. The van der Waals surface area contributed by atoms with Crippen molar-refractivity contribution < 1.29 is 23.9 Å². The second kappa shape index (κ2) is 10.1. The second-order valence-corrected chi connectivity index (χ2v) is 6.71. The lowest BCUT2D eigenvalue weighted by atomic mass is 10.2. The lowest BCUT2D eigenvalue weighted by molar-refractivity contribution is -0.123. The van der Waals surface area contributed by atoms with Crippen LogP contribution in [0.5, 0.6) is 11.5 Å². The van der Waals surface area contributed by atoms with E-state index >= 15 is 0 Å². The summed E-state index contributed by atoms with van der Waals surface area (Å²) in [5.74, 6) is -0.428. The zero-order valence-corrected chi connectivity index (χ0v) is 17.1. The van der Waals surface area contributed by atoms with Gasteiger partial charge in [-0.1, -0.05) is 30.3 Å². The summed E-state index contributed by atoms with van der Waals surface area (Å²) >= 11 is 0. The van der Waals surface area contributed by atoms with Crippen molar-refractivity contribution in [3.8, 4) is 11.5 Å². The maximum Gasteiger partial charge on any atom is 0.342 e. The summed E-state index contributed by atoms with van der Waals surface area (Å²) in [5.41, 5.74) is 1.33. The number of nitrogens with one attached hydrogen (secondary N) is 2. The first-order valence-corrected chi connectivity index (χ1v) is 9.64. The highest BCUT2D eigenvalue weighted by atomic mass is 16.5. The van der Waals surface area contributed by atoms with E-state index in [1.807, 2.05) is 18.2 Å². The van der Waals surface area contributed by atoms with Crippen molar-refractivity contribution in [2.75, 3.05) is 10.6 Å². The molecule has 0 heterocycles. The predicted octanol–water partition coefficient (Wildman–Crippen LogP) is 4.62. The molecule has 0 aliphatic heterocycles. The van der Waals surface area contributed by atoms with Crippen molar-refractivity contribution in [2.45, 2.75) is 20.0 Å². The summed E-state index contributed by atoms with van der Waals surface area (Å²) in [7, 11) is 0. The third-order valence-electron chi connectivity index (χ3n) is 4.20. The summed E-state index contributed by atoms with van der Waals surface area (Å²) in [5, 5.41) is 5.32. The van der Waals surface area contributed by atoms with Crippen molar-refractivity contribution >= 4 is 29.2 Å². The highest BCUT2D eigenvalue weighted by molar-refractivity contribution is 5.98. The Balaban J connectivity index is 1.62. The molecule has 0 saturated heterocycles. The Morgan fingerprint density at radius 2 is 1.35 bits per heavy atom. The van der Waals surface area contributed by atoms with Crippen molar-refractivity contribution in [1.82, 2.24) is 0 Å². The number of hydrogen-bond donors (Lipinski definition) is 2. The number of para-hydroxylation sites is 2. The summed E-state index contributed by atoms with van der Waals surface area (Å²) in [6, 6.07) is 22.3. The van der Waals surface area contributed by atoms with Crippen LogP contribution in [-0.4, -0.2) is 23.9 Å². The van der Waals surface area contributed by atoms with E-state index in [9.17, 15) is 14.4 Å². The molecule has 0 spiro atoms. The lowest BCUT2D eigenvalue weighted by Gasteiger charge is -2.15. The summed E-state index contributed by atoms with van der Waals surface area (Å²) in [4.78, 5) is 36.1. The molecule has 7 nitrogen and oxygen atoms in total. The predicted molar refractivity (Wildman–Crippen MR) is 117 cm³/mol. The first-order valence-electron chi connectivity index (χ1n) is 9.64. The van der Waals surface area contributed by atoms with Gasteiger partial charge in [-0.05, 0) is 55.5 Å². The number of carbonyl (C=O) groups excluding carboxylic acids is 3. The van der Waals surface area contributed by atoms with Crippen molar-refractivity contribution in [3.63, 3.8) is 0 Å². The van der Waals surface area contributed by atoms with Crippen LogP contribution in [0.25, 0.3) is 0 Å². The van der Waals surface area contributed by atoms with Gasteiger partial charge in [0.2, 0.25) is 5.91 Å². The van der Waals surface area contributed by atoms with Crippen LogP contribution >= 0.6 is 0 Å². The van der Waals surface area contributed by atoms with Crippen LogP contribution in [0.2, 0.25) is 0 Å². The molecule has 0 radical (unpaired) electrons. The molecule has 0 saturated carbocycles. The molecule has 0 bridgehead atoms. The molecule has 158 valence electrons. The molecule has 0 aromatic heterocycles. The zero-order chi connectivity index (χ0) is 22.2. The van der Waals surface area contributed by atoms with Gasteiger partial charge >= 0.3 is 5.97 Å². The van der Waals surface area contributed by atoms with E-state index in [-0.39, 0.29) is 11.5 Å². The van der Waals surface area contributed by atoms with Gasteiger partial charge in [0, 0.05) is 18.3 Å². The molecule has 0 fully saturated rings. The molecule has 3 aromatic carbocycles. The average molecular weight is 418 g/mol. The van der Waals surface area contributed by atoms with Gasteiger partial charge < -0.3 is 20.1 Å². The third kappa shape index (κ3) is 6.17. The largest absolute Gasteiger partial charge is 0.456 e. The Bertz CT molecular complexity index is 1060. The fraction of sp³-hybridized carbons (Fsp3) is 0.125.